The van der Waals surface area contributed by atoms with Gasteiger partial charge in [-0.3, -0.25) is 0 Å². The van der Waals surface area contributed by atoms with E-state index in [0.717, 1.165) is 31.6 Å². The lowest BCUT2D eigenvalue weighted by molar-refractivity contribution is 0.0620. The van der Waals surface area contributed by atoms with Gasteiger partial charge in [0.05, 0.1) is 5.70 Å². The Morgan fingerprint density at radius 3 is 2.50 bits per heavy atom. The van der Waals surface area contributed by atoms with Crippen LogP contribution in [0.1, 0.15) is 12.8 Å². The van der Waals surface area contributed by atoms with Gasteiger partial charge >= 0.3 is 6.09 Å². The van der Waals surface area contributed by atoms with Crippen molar-refractivity contribution in [2.75, 3.05) is 19.7 Å². The second kappa shape index (κ2) is 2.79. The number of hydrogen-bond donors (Lipinski definition) is 0. The van der Waals surface area contributed by atoms with Crippen LogP contribution in [0, 0.1) is 0 Å². The number of hydrogen-bond acceptors (Lipinski definition) is 3. The molecule has 2 heterocycles. The van der Waals surface area contributed by atoms with Crippen LogP contribution in [-0.4, -0.2) is 35.8 Å². The molecule has 0 aliphatic carbocycles. The minimum atomic E-state index is -0.276. The molecule has 12 heavy (non-hydrogen) atoms. The highest BCUT2D eigenvalue weighted by Crippen LogP contribution is 2.20. The van der Waals surface area contributed by atoms with Crippen molar-refractivity contribution in [3.05, 3.63) is 12.3 Å². The SMILES string of the molecule is C=C1COC(=O)N1N1CCCC1. The van der Waals surface area contributed by atoms with Crippen molar-refractivity contribution < 1.29 is 9.53 Å². The van der Waals surface area contributed by atoms with Gasteiger partial charge in [-0.25, -0.2) is 14.8 Å². The van der Waals surface area contributed by atoms with Crippen molar-refractivity contribution in [1.82, 2.24) is 10.0 Å². The van der Waals surface area contributed by atoms with Gasteiger partial charge in [-0.1, -0.05) is 6.58 Å². The van der Waals surface area contributed by atoms with E-state index in [9.17, 15) is 4.79 Å². The lowest BCUT2D eigenvalue weighted by Crippen LogP contribution is -2.39. The molecular weight excluding hydrogens is 156 g/mol. The van der Waals surface area contributed by atoms with Crippen LogP contribution in [0.5, 0.6) is 0 Å². The van der Waals surface area contributed by atoms with E-state index >= 15 is 0 Å². The van der Waals surface area contributed by atoms with E-state index in [4.69, 9.17) is 4.74 Å². The van der Waals surface area contributed by atoms with Gasteiger partial charge in [0.2, 0.25) is 0 Å². The minimum absolute atomic E-state index is 0.276. The van der Waals surface area contributed by atoms with E-state index in [-0.39, 0.29) is 6.09 Å². The summed E-state index contributed by atoms with van der Waals surface area (Å²) in [4.78, 5) is 11.2. The van der Waals surface area contributed by atoms with E-state index in [2.05, 4.69) is 6.58 Å². The number of hydrazine groups is 1. The first-order valence-corrected chi connectivity index (χ1v) is 4.18. The third-order valence-electron chi connectivity index (χ3n) is 2.20. The Kier molecular flexibility index (Phi) is 1.77. The monoisotopic (exact) mass is 168 g/mol. The fraction of sp³-hybridized carbons (Fsp3) is 0.625. The van der Waals surface area contributed by atoms with Crippen molar-refractivity contribution in [2.45, 2.75) is 12.8 Å². The van der Waals surface area contributed by atoms with Crippen LogP contribution in [0.15, 0.2) is 12.3 Å². The highest BCUT2D eigenvalue weighted by molar-refractivity contribution is 5.72. The van der Waals surface area contributed by atoms with Crippen LogP contribution in [0.2, 0.25) is 0 Å². The van der Waals surface area contributed by atoms with Gasteiger partial charge in [-0.05, 0) is 12.8 Å². The maximum Gasteiger partial charge on any atom is 0.429 e. The molecule has 66 valence electrons. The van der Waals surface area contributed by atoms with Crippen LogP contribution in [0.4, 0.5) is 4.79 Å². The van der Waals surface area contributed by atoms with Crippen molar-refractivity contribution in [2.24, 2.45) is 0 Å². The van der Waals surface area contributed by atoms with Crippen LogP contribution in [0.25, 0.3) is 0 Å². The molecule has 0 N–H and O–H groups in total. The van der Waals surface area contributed by atoms with E-state index in [1.54, 1.807) is 5.01 Å². The Morgan fingerprint density at radius 2 is 2.00 bits per heavy atom. The van der Waals surface area contributed by atoms with Gasteiger partial charge in [-0.15, -0.1) is 0 Å². The maximum absolute atomic E-state index is 11.2. The molecule has 0 aromatic rings. The summed E-state index contributed by atoms with van der Waals surface area (Å²) in [6, 6.07) is 0. The van der Waals surface area contributed by atoms with E-state index < -0.39 is 0 Å². The molecule has 0 atom stereocenters. The molecule has 0 aromatic heterocycles. The van der Waals surface area contributed by atoms with Gasteiger partial charge in [0.15, 0.2) is 0 Å². The van der Waals surface area contributed by atoms with Crippen LogP contribution < -0.4 is 0 Å². The van der Waals surface area contributed by atoms with E-state index in [0.29, 0.717) is 6.61 Å². The highest BCUT2D eigenvalue weighted by Gasteiger charge is 2.32. The molecule has 1 amide bonds. The summed E-state index contributed by atoms with van der Waals surface area (Å²) in [5, 5.41) is 3.56. The van der Waals surface area contributed by atoms with Gasteiger partial charge < -0.3 is 4.74 Å². The summed E-state index contributed by atoms with van der Waals surface area (Å²) < 4.78 is 4.84. The van der Waals surface area contributed by atoms with Gasteiger partial charge in [0.1, 0.15) is 6.61 Å². The molecule has 0 saturated carbocycles. The normalized spacial score (nSPS) is 25.2. The van der Waals surface area contributed by atoms with Crippen molar-refractivity contribution in [3.8, 4) is 0 Å². The second-order valence-electron chi connectivity index (χ2n) is 3.09. The smallest absolute Gasteiger partial charge is 0.429 e. The number of cyclic esters (lactones) is 1. The average molecular weight is 168 g/mol. The van der Waals surface area contributed by atoms with Crippen LogP contribution >= 0.6 is 0 Å². The molecular formula is C8H12N2O2. The number of nitrogens with zero attached hydrogens (tertiary/aromatic N) is 2. The predicted molar refractivity (Wildman–Crippen MR) is 43.1 cm³/mol. The Morgan fingerprint density at radius 1 is 1.33 bits per heavy atom. The molecule has 0 unspecified atom stereocenters. The Bertz CT molecular complexity index is 205. The molecule has 0 radical (unpaired) electrons. The van der Waals surface area contributed by atoms with Crippen molar-refractivity contribution in [3.63, 3.8) is 0 Å². The molecule has 0 bridgehead atoms. The summed E-state index contributed by atoms with van der Waals surface area (Å²) in [6.45, 7) is 5.99. The predicted octanol–water partition coefficient (Wildman–Crippen LogP) is 0.963. The van der Waals surface area contributed by atoms with Crippen LogP contribution in [0.3, 0.4) is 0 Å². The topological polar surface area (TPSA) is 32.8 Å². The number of carbonyl (C=O) groups is 1. The fourth-order valence-electron chi connectivity index (χ4n) is 1.61. The van der Waals surface area contributed by atoms with E-state index in [1.165, 1.54) is 0 Å². The zero-order valence-electron chi connectivity index (χ0n) is 6.95. The number of ether oxygens (including phenoxy) is 1. The Balaban J connectivity index is 2.09. The standard InChI is InChI=1S/C8H12N2O2/c1-7-6-12-8(11)10(7)9-4-2-3-5-9/h1-6H2. The first-order chi connectivity index (χ1) is 5.79. The number of amides is 1. The third kappa shape index (κ3) is 1.08. The summed E-state index contributed by atoms with van der Waals surface area (Å²) in [7, 11) is 0. The molecule has 2 aliphatic rings. The lowest BCUT2D eigenvalue weighted by Gasteiger charge is -2.24. The molecule has 0 aromatic carbocycles. The van der Waals surface area contributed by atoms with Crippen molar-refractivity contribution >= 4 is 6.09 Å². The zero-order valence-corrected chi connectivity index (χ0v) is 6.95. The first-order valence-electron chi connectivity index (χ1n) is 4.18. The number of rotatable bonds is 1. The maximum atomic E-state index is 11.2. The van der Waals surface area contributed by atoms with E-state index in [1.807, 2.05) is 5.01 Å². The molecule has 4 heteroatoms. The average Bonchev–Trinajstić information content (AvgIpc) is 2.61. The summed E-state index contributed by atoms with van der Waals surface area (Å²) in [5.41, 5.74) is 0.752. The number of carbonyl (C=O) groups excluding carboxylic acids is 1. The fourth-order valence-corrected chi connectivity index (χ4v) is 1.61. The quantitative estimate of drug-likeness (QED) is 0.584. The van der Waals surface area contributed by atoms with Gasteiger partial charge in [0, 0.05) is 13.1 Å². The molecule has 2 rings (SSSR count). The summed E-state index contributed by atoms with van der Waals surface area (Å²) in [6.07, 6.45) is 2.02. The molecule has 0 spiro atoms. The second-order valence-corrected chi connectivity index (χ2v) is 3.09. The highest BCUT2D eigenvalue weighted by atomic mass is 16.6. The molecule has 2 fully saturated rings. The zero-order chi connectivity index (χ0) is 8.55. The summed E-state index contributed by atoms with van der Waals surface area (Å²) >= 11 is 0. The minimum Gasteiger partial charge on any atom is -0.442 e. The third-order valence-corrected chi connectivity index (χ3v) is 2.20. The molecule has 4 nitrogen and oxygen atoms in total. The molecule has 2 saturated heterocycles. The van der Waals surface area contributed by atoms with Gasteiger partial charge in [-0.2, -0.15) is 0 Å². The lowest BCUT2D eigenvalue weighted by atomic mass is 10.4. The Labute approximate surface area is 71.4 Å². The molecule has 2 aliphatic heterocycles. The van der Waals surface area contributed by atoms with Crippen LogP contribution in [-0.2, 0) is 4.74 Å². The van der Waals surface area contributed by atoms with Gasteiger partial charge in [0.25, 0.3) is 0 Å². The Hall–Kier alpha value is -1.03. The largest absolute Gasteiger partial charge is 0.442 e. The van der Waals surface area contributed by atoms with Crippen molar-refractivity contribution in [1.29, 1.82) is 0 Å². The summed E-state index contributed by atoms with van der Waals surface area (Å²) in [5.74, 6) is 0. The first kappa shape index (κ1) is 7.61.